The summed E-state index contributed by atoms with van der Waals surface area (Å²) in [6, 6.07) is -7.28. The van der Waals surface area contributed by atoms with Crippen LogP contribution < -0.4 is 4.90 Å². The van der Waals surface area contributed by atoms with Gasteiger partial charge in [0.25, 0.3) is 0 Å². The number of hydrogen-bond donors (Lipinski definition) is 0. The zero-order valence-corrected chi connectivity index (χ0v) is 11.5. The highest BCUT2D eigenvalue weighted by Gasteiger charge is 2.65. The Morgan fingerprint density at radius 3 is 1.54 bits per heavy atom. The maximum absolute atomic E-state index is 13.8. The number of hydrogen-bond acceptors (Lipinski definition) is 1. The Labute approximate surface area is 133 Å². The van der Waals surface area contributed by atoms with Crippen molar-refractivity contribution in [1.29, 1.82) is 0 Å². The Kier molecular flexibility index (Phi) is 5.38. The van der Waals surface area contributed by atoms with Crippen molar-refractivity contribution in [2.45, 2.75) is 24.3 Å². The van der Waals surface area contributed by atoms with Crippen molar-refractivity contribution in [2.75, 3.05) is 11.7 Å². The predicted molar refractivity (Wildman–Crippen MR) is 55.7 cm³/mol. The van der Waals surface area contributed by atoms with E-state index < -0.39 is 70.8 Å². The standard InChI is InChI=1S/C11H3F14N/c12-2-26(11(24,25)10(21,22)23)4-1-3(13)6(14)5(7(4)15)8(16,17)9(18,19)20/h1H,2H2. The second-order valence-corrected chi connectivity index (χ2v) is 4.54. The summed E-state index contributed by atoms with van der Waals surface area (Å²) in [5.41, 5.74) is -6.20. The van der Waals surface area contributed by atoms with Crippen molar-refractivity contribution in [2.24, 2.45) is 0 Å². The van der Waals surface area contributed by atoms with Crippen LogP contribution in [0.25, 0.3) is 0 Å². The monoisotopic (exact) mass is 415 g/mol. The summed E-state index contributed by atoms with van der Waals surface area (Å²) in [4.78, 5) is -1.99. The Balaban J connectivity index is 3.83. The summed E-state index contributed by atoms with van der Waals surface area (Å²) >= 11 is 0. The number of nitrogens with zero attached hydrogens (tertiary/aromatic N) is 1. The van der Waals surface area contributed by atoms with Gasteiger partial charge in [-0.3, -0.25) is 4.90 Å². The SMILES string of the molecule is FCN(c1cc(F)c(F)c(C(F)(F)C(F)(F)F)c1F)C(F)(F)C(F)(F)F. The lowest BCUT2D eigenvalue weighted by Gasteiger charge is -2.32. The second kappa shape index (κ2) is 6.33. The largest absolute Gasteiger partial charge is 0.475 e. The van der Waals surface area contributed by atoms with Crippen LogP contribution in [-0.2, 0) is 5.92 Å². The lowest BCUT2D eigenvalue weighted by atomic mass is 10.0. The van der Waals surface area contributed by atoms with Crippen LogP contribution in [0.4, 0.5) is 67.2 Å². The van der Waals surface area contributed by atoms with Crippen molar-refractivity contribution in [3.63, 3.8) is 0 Å². The lowest BCUT2D eigenvalue weighted by Crippen LogP contribution is -2.53. The van der Waals surface area contributed by atoms with E-state index >= 15 is 0 Å². The summed E-state index contributed by atoms with van der Waals surface area (Å²) in [5, 5.41) is 0. The molecule has 0 unspecified atom stereocenters. The van der Waals surface area contributed by atoms with Gasteiger partial charge >= 0.3 is 24.3 Å². The Hall–Kier alpha value is -1.96. The molecule has 0 radical (unpaired) electrons. The molecule has 0 aromatic heterocycles. The molecular weight excluding hydrogens is 412 g/mol. The fourth-order valence-electron chi connectivity index (χ4n) is 1.65. The topological polar surface area (TPSA) is 3.24 Å². The fraction of sp³-hybridized carbons (Fsp3) is 0.455. The van der Waals surface area contributed by atoms with Crippen LogP contribution >= 0.6 is 0 Å². The molecule has 15 heteroatoms. The molecule has 150 valence electrons. The van der Waals surface area contributed by atoms with Crippen LogP contribution in [0, 0.1) is 17.5 Å². The Bertz CT molecular complexity index is 673. The Morgan fingerprint density at radius 1 is 0.731 bits per heavy atom. The molecule has 1 rings (SSSR count). The molecule has 26 heavy (non-hydrogen) atoms. The summed E-state index contributed by atoms with van der Waals surface area (Å²) < 4.78 is 179. The lowest BCUT2D eigenvalue weighted by molar-refractivity contribution is -0.291. The van der Waals surface area contributed by atoms with E-state index in [0.717, 1.165) is 0 Å². The van der Waals surface area contributed by atoms with Crippen molar-refractivity contribution >= 4 is 5.69 Å². The molecule has 0 aliphatic carbocycles. The zero-order valence-electron chi connectivity index (χ0n) is 11.5. The first kappa shape index (κ1) is 22.1. The van der Waals surface area contributed by atoms with Crippen molar-refractivity contribution < 1.29 is 61.5 Å². The summed E-state index contributed by atoms with van der Waals surface area (Å²) in [6.07, 6.45) is -13.5. The highest BCUT2D eigenvalue weighted by atomic mass is 19.4. The molecule has 1 nitrogen and oxygen atoms in total. The smallest absolute Gasteiger partial charge is 0.274 e. The van der Waals surface area contributed by atoms with Crippen molar-refractivity contribution in [3.05, 3.63) is 29.1 Å². The average molecular weight is 415 g/mol. The third-order valence-corrected chi connectivity index (χ3v) is 2.90. The van der Waals surface area contributed by atoms with Gasteiger partial charge in [0, 0.05) is 6.07 Å². The number of anilines is 1. The quantitative estimate of drug-likeness (QED) is 0.349. The third-order valence-electron chi connectivity index (χ3n) is 2.90. The maximum Gasteiger partial charge on any atom is 0.475 e. The molecule has 0 aliphatic rings. The van der Waals surface area contributed by atoms with E-state index in [0.29, 0.717) is 0 Å². The van der Waals surface area contributed by atoms with E-state index in [1.165, 1.54) is 0 Å². The first-order chi connectivity index (χ1) is 11.4. The number of alkyl halides is 11. The van der Waals surface area contributed by atoms with Gasteiger partial charge < -0.3 is 0 Å². The summed E-state index contributed by atoms with van der Waals surface area (Å²) in [5.74, 6) is -15.9. The van der Waals surface area contributed by atoms with Crippen LogP contribution in [0.3, 0.4) is 0 Å². The first-order valence-corrected chi connectivity index (χ1v) is 5.81. The molecule has 0 aliphatic heterocycles. The normalized spacial score (nSPS) is 13.9. The van der Waals surface area contributed by atoms with E-state index in [1.54, 1.807) is 0 Å². The minimum Gasteiger partial charge on any atom is -0.274 e. The molecule has 0 spiro atoms. The highest BCUT2D eigenvalue weighted by Crippen LogP contribution is 2.49. The van der Waals surface area contributed by atoms with Gasteiger partial charge in [-0.1, -0.05) is 0 Å². The molecule has 0 saturated carbocycles. The van der Waals surface area contributed by atoms with Crippen LogP contribution in [-0.4, -0.2) is 25.2 Å². The molecule has 0 heterocycles. The molecule has 0 fully saturated rings. The Morgan fingerprint density at radius 2 is 1.19 bits per heavy atom. The molecule has 1 aromatic rings. The zero-order chi connectivity index (χ0) is 20.9. The predicted octanol–water partition coefficient (Wildman–Crippen LogP) is 5.65. The van der Waals surface area contributed by atoms with Gasteiger partial charge in [0.2, 0.25) is 0 Å². The van der Waals surface area contributed by atoms with Gasteiger partial charge in [0.15, 0.2) is 24.3 Å². The van der Waals surface area contributed by atoms with E-state index in [4.69, 9.17) is 0 Å². The molecule has 0 bridgehead atoms. The van der Waals surface area contributed by atoms with E-state index in [2.05, 4.69) is 0 Å². The van der Waals surface area contributed by atoms with Crippen molar-refractivity contribution in [1.82, 2.24) is 0 Å². The maximum atomic E-state index is 13.8. The van der Waals surface area contributed by atoms with Crippen molar-refractivity contribution in [3.8, 4) is 0 Å². The first-order valence-electron chi connectivity index (χ1n) is 5.81. The summed E-state index contributed by atoms with van der Waals surface area (Å²) in [7, 11) is 0. The molecule has 0 atom stereocenters. The van der Waals surface area contributed by atoms with Gasteiger partial charge in [-0.05, 0) is 0 Å². The minimum absolute atomic E-state index is 0.917. The van der Waals surface area contributed by atoms with Gasteiger partial charge in [-0.25, -0.2) is 17.6 Å². The second-order valence-electron chi connectivity index (χ2n) is 4.54. The molecule has 0 amide bonds. The third kappa shape index (κ3) is 3.34. The van der Waals surface area contributed by atoms with E-state index in [-0.39, 0.29) is 0 Å². The van der Waals surface area contributed by atoms with Gasteiger partial charge in [-0.2, -0.15) is 43.9 Å². The van der Waals surface area contributed by atoms with E-state index in [1.807, 2.05) is 0 Å². The van der Waals surface area contributed by atoms with Gasteiger partial charge in [-0.15, -0.1) is 0 Å². The van der Waals surface area contributed by atoms with Crippen LogP contribution in [0.2, 0.25) is 0 Å². The fourth-order valence-corrected chi connectivity index (χ4v) is 1.65. The van der Waals surface area contributed by atoms with Crippen LogP contribution in [0.5, 0.6) is 0 Å². The molecule has 1 aromatic carbocycles. The molecule has 0 saturated heterocycles. The van der Waals surface area contributed by atoms with Gasteiger partial charge in [0.1, 0.15) is 5.56 Å². The number of benzene rings is 1. The average Bonchev–Trinajstić information content (AvgIpc) is 2.42. The minimum atomic E-state index is -6.78. The number of halogens is 14. The van der Waals surface area contributed by atoms with Gasteiger partial charge in [0.05, 0.1) is 5.69 Å². The summed E-state index contributed by atoms with van der Waals surface area (Å²) in [6.45, 7) is -3.01. The number of rotatable bonds is 4. The highest BCUT2D eigenvalue weighted by molar-refractivity contribution is 5.53. The van der Waals surface area contributed by atoms with Crippen LogP contribution in [0.1, 0.15) is 5.56 Å². The van der Waals surface area contributed by atoms with E-state index in [9.17, 15) is 61.5 Å². The molecule has 0 N–H and O–H groups in total. The molecular formula is C11H3F14N. The van der Waals surface area contributed by atoms with Crippen LogP contribution in [0.15, 0.2) is 6.07 Å².